The molecule has 0 aliphatic carbocycles. The second-order valence-electron chi connectivity index (χ2n) is 4.58. The summed E-state index contributed by atoms with van der Waals surface area (Å²) >= 11 is 3.33. The van der Waals surface area contributed by atoms with E-state index in [1.165, 1.54) is 4.31 Å². The molecule has 1 heterocycles. The standard InChI is InChI=1S/C12H17BrN2O2S/c1-9-4-5-12(11(13)7-9)18(16,17)15-6-2-3-10(15)8-14/h4-5,7,10H,2-3,6,8,14H2,1H3/t10-/m0/s1. The minimum Gasteiger partial charge on any atom is -0.329 e. The first-order chi connectivity index (χ1) is 8.46. The lowest BCUT2D eigenvalue weighted by Gasteiger charge is -2.23. The van der Waals surface area contributed by atoms with E-state index in [-0.39, 0.29) is 6.04 Å². The van der Waals surface area contributed by atoms with Crippen LogP contribution in [0.25, 0.3) is 0 Å². The zero-order valence-corrected chi connectivity index (χ0v) is 12.7. The summed E-state index contributed by atoms with van der Waals surface area (Å²) in [6, 6.07) is 5.22. The summed E-state index contributed by atoms with van der Waals surface area (Å²) in [4.78, 5) is 0.327. The Labute approximate surface area is 116 Å². The number of rotatable bonds is 3. The van der Waals surface area contributed by atoms with Crippen molar-refractivity contribution in [2.75, 3.05) is 13.1 Å². The molecule has 1 aromatic carbocycles. The Hall–Kier alpha value is -0.430. The van der Waals surface area contributed by atoms with Gasteiger partial charge in [0.1, 0.15) is 0 Å². The van der Waals surface area contributed by atoms with Gasteiger partial charge in [-0.2, -0.15) is 4.31 Å². The van der Waals surface area contributed by atoms with E-state index >= 15 is 0 Å². The van der Waals surface area contributed by atoms with Crippen molar-refractivity contribution in [2.24, 2.45) is 5.73 Å². The predicted molar refractivity (Wildman–Crippen MR) is 74.8 cm³/mol. The molecule has 100 valence electrons. The molecule has 1 aliphatic rings. The Morgan fingerprint density at radius 3 is 2.83 bits per heavy atom. The lowest BCUT2D eigenvalue weighted by Crippen LogP contribution is -2.39. The summed E-state index contributed by atoms with van der Waals surface area (Å²) in [7, 11) is -3.44. The fourth-order valence-corrected chi connectivity index (χ4v) is 5.16. The summed E-state index contributed by atoms with van der Waals surface area (Å²) in [5.41, 5.74) is 6.67. The van der Waals surface area contributed by atoms with Gasteiger partial charge in [-0.25, -0.2) is 8.42 Å². The predicted octanol–water partition coefficient (Wildman–Crippen LogP) is 1.87. The molecule has 2 rings (SSSR count). The third-order valence-corrected chi connectivity index (χ3v) is 6.20. The normalized spacial score (nSPS) is 21.4. The van der Waals surface area contributed by atoms with Crippen LogP contribution < -0.4 is 5.73 Å². The molecule has 1 saturated heterocycles. The van der Waals surface area contributed by atoms with Gasteiger partial charge in [-0.05, 0) is 53.4 Å². The number of nitrogens with zero attached hydrogens (tertiary/aromatic N) is 1. The Balaban J connectivity index is 2.42. The highest BCUT2D eigenvalue weighted by Gasteiger charge is 2.35. The second kappa shape index (κ2) is 5.28. The third-order valence-electron chi connectivity index (χ3n) is 3.27. The first-order valence-corrected chi connectivity index (χ1v) is 8.18. The fourth-order valence-electron chi connectivity index (χ4n) is 2.30. The van der Waals surface area contributed by atoms with E-state index in [0.717, 1.165) is 18.4 Å². The molecule has 0 bridgehead atoms. The number of aryl methyl sites for hydroxylation is 1. The van der Waals surface area contributed by atoms with E-state index < -0.39 is 10.0 Å². The van der Waals surface area contributed by atoms with Crippen molar-refractivity contribution in [3.8, 4) is 0 Å². The Morgan fingerprint density at radius 2 is 2.22 bits per heavy atom. The molecule has 1 aliphatic heterocycles. The van der Waals surface area contributed by atoms with Crippen LogP contribution in [0.1, 0.15) is 18.4 Å². The highest BCUT2D eigenvalue weighted by atomic mass is 79.9. The SMILES string of the molecule is Cc1ccc(S(=O)(=O)N2CCC[C@H]2CN)c(Br)c1. The van der Waals surface area contributed by atoms with E-state index in [9.17, 15) is 8.42 Å². The van der Waals surface area contributed by atoms with Crippen LogP contribution in [0, 0.1) is 6.92 Å². The van der Waals surface area contributed by atoms with Crippen LogP contribution in [0.3, 0.4) is 0 Å². The van der Waals surface area contributed by atoms with Gasteiger partial charge < -0.3 is 5.73 Å². The van der Waals surface area contributed by atoms with Crippen molar-refractivity contribution in [1.29, 1.82) is 0 Å². The van der Waals surface area contributed by atoms with Crippen molar-refractivity contribution in [1.82, 2.24) is 4.31 Å². The van der Waals surface area contributed by atoms with Crippen molar-refractivity contribution >= 4 is 26.0 Å². The molecular weight excluding hydrogens is 316 g/mol. The summed E-state index contributed by atoms with van der Waals surface area (Å²) in [6.07, 6.45) is 1.73. The van der Waals surface area contributed by atoms with Crippen LogP contribution in [-0.2, 0) is 10.0 Å². The molecule has 6 heteroatoms. The van der Waals surface area contributed by atoms with E-state index in [2.05, 4.69) is 15.9 Å². The fraction of sp³-hybridized carbons (Fsp3) is 0.500. The van der Waals surface area contributed by atoms with Crippen molar-refractivity contribution in [2.45, 2.75) is 30.7 Å². The first kappa shape index (κ1) is 14.0. The molecule has 0 unspecified atom stereocenters. The first-order valence-electron chi connectivity index (χ1n) is 5.95. The van der Waals surface area contributed by atoms with Gasteiger partial charge in [0, 0.05) is 23.6 Å². The van der Waals surface area contributed by atoms with Crippen LogP contribution >= 0.6 is 15.9 Å². The van der Waals surface area contributed by atoms with Gasteiger partial charge in [-0.1, -0.05) is 6.07 Å². The topological polar surface area (TPSA) is 63.4 Å². The number of halogens is 1. The lowest BCUT2D eigenvalue weighted by molar-refractivity contribution is 0.393. The van der Waals surface area contributed by atoms with Gasteiger partial charge in [0.25, 0.3) is 0 Å². The van der Waals surface area contributed by atoms with Gasteiger partial charge in [-0.3, -0.25) is 0 Å². The quantitative estimate of drug-likeness (QED) is 0.918. The maximum absolute atomic E-state index is 12.6. The number of benzene rings is 1. The van der Waals surface area contributed by atoms with Crippen LogP contribution in [0.5, 0.6) is 0 Å². The molecule has 0 amide bonds. The maximum Gasteiger partial charge on any atom is 0.244 e. The van der Waals surface area contributed by atoms with Crippen LogP contribution in [-0.4, -0.2) is 31.9 Å². The molecule has 0 saturated carbocycles. The average molecular weight is 333 g/mol. The molecule has 1 aromatic rings. The molecule has 0 radical (unpaired) electrons. The molecule has 1 fully saturated rings. The highest BCUT2D eigenvalue weighted by molar-refractivity contribution is 9.10. The lowest BCUT2D eigenvalue weighted by atomic mass is 10.2. The zero-order valence-electron chi connectivity index (χ0n) is 10.3. The summed E-state index contributed by atoms with van der Waals surface area (Å²) in [5.74, 6) is 0. The van der Waals surface area contributed by atoms with Gasteiger partial charge in [0.05, 0.1) is 4.90 Å². The number of hydrogen-bond donors (Lipinski definition) is 1. The maximum atomic E-state index is 12.6. The monoisotopic (exact) mass is 332 g/mol. The van der Waals surface area contributed by atoms with Crippen LogP contribution in [0.2, 0.25) is 0 Å². The molecule has 18 heavy (non-hydrogen) atoms. The third kappa shape index (κ3) is 2.47. The highest BCUT2D eigenvalue weighted by Crippen LogP contribution is 2.30. The molecule has 1 atom stereocenters. The molecule has 4 nitrogen and oxygen atoms in total. The molecule has 2 N–H and O–H groups in total. The summed E-state index contributed by atoms with van der Waals surface area (Å²) in [6.45, 7) is 2.87. The molecule has 0 spiro atoms. The Bertz CT molecular complexity index is 545. The van der Waals surface area contributed by atoms with Crippen LogP contribution in [0.4, 0.5) is 0 Å². The minimum atomic E-state index is -3.44. The molecular formula is C12H17BrN2O2S. The zero-order chi connectivity index (χ0) is 13.3. The van der Waals surface area contributed by atoms with Crippen molar-refractivity contribution in [3.63, 3.8) is 0 Å². The van der Waals surface area contributed by atoms with E-state index in [4.69, 9.17) is 5.73 Å². The minimum absolute atomic E-state index is 0.0665. The largest absolute Gasteiger partial charge is 0.329 e. The van der Waals surface area contributed by atoms with Crippen molar-refractivity contribution < 1.29 is 8.42 Å². The molecule has 0 aromatic heterocycles. The van der Waals surface area contributed by atoms with Crippen molar-refractivity contribution in [3.05, 3.63) is 28.2 Å². The summed E-state index contributed by atoms with van der Waals surface area (Å²) < 4.78 is 27.3. The van der Waals surface area contributed by atoms with Gasteiger partial charge >= 0.3 is 0 Å². The number of nitrogens with two attached hydrogens (primary N) is 1. The number of hydrogen-bond acceptors (Lipinski definition) is 3. The second-order valence-corrected chi connectivity index (χ2v) is 7.29. The Kier molecular flexibility index (Phi) is 4.11. The number of sulfonamides is 1. The summed E-state index contributed by atoms with van der Waals surface area (Å²) in [5, 5.41) is 0. The average Bonchev–Trinajstić information content (AvgIpc) is 2.76. The van der Waals surface area contributed by atoms with Gasteiger partial charge in [0.2, 0.25) is 10.0 Å². The van der Waals surface area contributed by atoms with Gasteiger partial charge in [0.15, 0.2) is 0 Å². The van der Waals surface area contributed by atoms with E-state index in [1.54, 1.807) is 6.07 Å². The van der Waals surface area contributed by atoms with Gasteiger partial charge in [-0.15, -0.1) is 0 Å². The van der Waals surface area contributed by atoms with E-state index in [0.29, 0.717) is 22.5 Å². The van der Waals surface area contributed by atoms with Crippen LogP contribution in [0.15, 0.2) is 27.6 Å². The Morgan fingerprint density at radius 1 is 1.50 bits per heavy atom. The smallest absolute Gasteiger partial charge is 0.244 e. The van der Waals surface area contributed by atoms with E-state index in [1.807, 2.05) is 19.1 Å².